The lowest BCUT2D eigenvalue weighted by Crippen LogP contribution is -2.76. The number of hydrogen-bond donors (Lipinski definition) is 2. The molecule has 38 heavy (non-hydrogen) atoms. The molecule has 2 aliphatic heterocycles. The van der Waals surface area contributed by atoms with Crippen molar-refractivity contribution in [2.24, 2.45) is 27.1 Å². The molecule has 0 radical (unpaired) electrons. The van der Waals surface area contributed by atoms with Gasteiger partial charge in [-0.3, -0.25) is 9.59 Å². The van der Waals surface area contributed by atoms with Gasteiger partial charge in [-0.15, -0.1) is 0 Å². The van der Waals surface area contributed by atoms with Crippen molar-refractivity contribution in [3.05, 3.63) is 0 Å². The number of aliphatic carboxylic acids is 2. The van der Waals surface area contributed by atoms with Crippen LogP contribution in [0.15, 0.2) is 0 Å². The first-order valence-electron chi connectivity index (χ1n) is 15.0. The van der Waals surface area contributed by atoms with Gasteiger partial charge < -0.3 is 20.0 Å². The smallest absolute Gasteiger partial charge is 0.310 e. The first-order valence-corrected chi connectivity index (χ1v) is 15.0. The molecule has 0 aromatic heterocycles. The number of carboxylic acid groups (broad SMARTS) is 2. The van der Waals surface area contributed by atoms with Gasteiger partial charge in [-0.25, -0.2) is 0 Å². The number of likely N-dealkylation sites (tertiary alicyclic amines) is 2. The van der Waals surface area contributed by atoms with Gasteiger partial charge >= 0.3 is 11.9 Å². The summed E-state index contributed by atoms with van der Waals surface area (Å²) in [6, 6.07) is 0. The molecule has 2 saturated heterocycles. The lowest BCUT2D eigenvalue weighted by Gasteiger charge is -2.74. The third kappa shape index (κ3) is 4.54. The number of nitrogens with zero attached hydrogens (tertiary/aromatic N) is 2. The van der Waals surface area contributed by atoms with E-state index in [0.717, 1.165) is 51.6 Å². The first-order chi connectivity index (χ1) is 17.1. The molecule has 6 nitrogen and oxygen atoms in total. The van der Waals surface area contributed by atoms with E-state index >= 15 is 0 Å². The lowest BCUT2D eigenvalue weighted by molar-refractivity contribution is -0.266. The normalized spacial score (nSPS) is 32.4. The molecule has 0 amide bonds. The fourth-order valence-electron chi connectivity index (χ4n) is 8.70. The molecule has 2 fully saturated rings. The van der Waals surface area contributed by atoms with Crippen LogP contribution in [-0.4, -0.2) is 70.2 Å². The molecule has 0 aliphatic carbocycles. The van der Waals surface area contributed by atoms with Crippen LogP contribution in [0.4, 0.5) is 0 Å². The zero-order valence-corrected chi connectivity index (χ0v) is 26.9. The van der Waals surface area contributed by atoms with Gasteiger partial charge in [0.05, 0.1) is 5.41 Å². The highest BCUT2D eigenvalue weighted by Gasteiger charge is 2.75. The van der Waals surface area contributed by atoms with Crippen molar-refractivity contribution in [1.82, 2.24) is 9.80 Å². The van der Waals surface area contributed by atoms with Crippen molar-refractivity contribution in [2.45, 2.75) is 138 Å². The zero-order valence-electron chi connectivity index (χ0n) is 26.9. The Morgan fingerprint density at radius 2 is 1.03 bits per heavy atom. The number of hydrogen-bond acceptors (Lipinski definition) is 4. The Morgan fingerprint density at radius 3 is 1.39 bits per heavy atom. The van der Waals surface area contributed by atoms with Gasteiger partial charge in [-0.05, 0) is 102 Å². The van der Waals surface area contributed by atoms with E-state index in [0.29, 0.717) is 12.8 Å². The topological polar surface area (TPSA) is 81.1 Å². The minimum Gasteiger partial charge on any atom is -0.481 e. The lowest BCUT2D eigenvalue weighted by atomic mass is 9.33. The number of carbonyl (C=O) groups is 2. The van der Waals surface area contributed by atoms with Crippen LogP contribution in [0.1, 0.15) is 127 Å². The number of rotatable bonds is 11. The molecule has 2 N–H and O–H groups in total. The maximum atomic E-state index is 14.1. The summed E-state index contributed by atoms with van der Waals surface area (Å²) < 4.78 is 0. The highest BCUT2D eigenvalue weighted by Crippen LogP contribution is 2.74. The van der Waals surface area contributed by atoms with Gasteiger partial charge in [0.25, 0.3) is 0 Å². The average molecular weight is 537 g/mol. The molecule has 0 aromatic carbocycles. The van der Waals surface area contributed by atoms with Crippen LogP contribution in [0.25, 0.3) is 0 Å². The third-order valence-corrected chi connectivity index (χ3v) is 13.8. The number of piperidine rings is 2. The SMILES string of the molecule is CN1CCC(C)(C(CCCCCCCC(=O)O)(C(=O)O)C2(C)CCN(C)C(C)(C)C2(C)C)C(C)(C)C1(C)C. The van der Waals surface area contributed by atoms with Crippen molar-refractivity contribution >= 4 is 11.9 Å². The minimum absolute atomic E-state index is 0.168. The molecule has 2 heterocycles. The summed E-state index contributed by atoms with van der Waals surface area (Å²) in [5.74, 6) is -1.37. The van der Waals surface area contributed by atoms with Crippen molar-refractivity contribution in [2.75, 3.05) is 27.2 Å². The van der Waals surface area contributed by atoms with E-state index in [4.69, 9.17) is 5.11 Å². The van der Waals surface area contributed by atoms with Crippen molar-refractivity contribution in [3.63, 3.8) is 0 Å². The van der Waals surface area contributed by atoms with Gasteiger partial charge in [0.15, 0.2) is 0 Å². The van der Waals surface area contributed by atoms with E-state index in [-0.39, 0.29) is 28.3 Å². The molecular weight excluding hydrogens is 476 g/mol. The second-order valence-electron chi connectivity index (χ2n) is 15.2. The molecule has 2 atom stereocenters. The quantitative estimate of drug-likeness (QED) is 0.273. The van der Waals surface area contributed by atoms with Gasteiger partial charge in [-0.2, -0.15) is 0 Å². The number of carboxylic acids is 2. The molecule has 2 aliphatic rings. The maximum absolute atomic E-state index is 14.1. The van der Waals surface area contributed by atoms with Gasteiger partial charge in [0.2, 0.25) is 0 Å². The summed E-state index contributed by atoms with van der Waals surface area (Å²) in [5.41, 5.74) is -2.67. The fourth-order valence-corrected chi connectivity index (χ4v) is 8.70. The van der Waals surface area contributed by atoms with Crippen LogP contribution < -0.4 is 0 Å². The molecule has 6 heteroatoms. The van der Waals surface area contributed by atoms with Crippen LogP contribution in [0.5, 0.6) is 0 Å². The van der Waals surface area contributed by atoms with E-state index in [2.05, 4.69) is 93.1 Å². The van der Waals surface area contributed by atoms with Crippen molar-refractivity contribution < 1.29 is 19.8 Å². The first kappa shape index (κ1) is 33.1. The van der Waals surface area contributed by atoms with E-state index in [9.17, 15) is 14.7 Å². The van der Waals surface area contributed by atoms with Crippen LogP contribution >= 0.6 is 0 Å². The van der Waals surface area contributed by atoms with Crippen molar-refractivity contribution in [3.8, 4) is 0 Å². The maximum Gasteiger partial charge on any atom is 0.310 e. The fraction of sp³-hybridized carbons (Fsp3) is 0.938. The second-order valence-corrected chi connectivity index (χ2v) is 15.2. The van der Waals surface area contributed by atoms with Gasteiger partial charge in [-0.1, -0.05) is 67.2 Å². The standard InChI is InChI=1S/C32H60N2O4/c1-26(2)28(5,6)33(11)22-20-30(26,9)32(25(37)38,19-17-15-13-14-16-18-24(35)36)31(10)21-23-34(12)29(7,8)27(31,3)4/h13-23H2,1-12H3,(H,35,36)(H,37,38). The Hall–Kier alpha value is -1.14. The molecular formula is C32H60N2O4. The van der Waals surface area contributed by atoms with Crippen LogP contribution in [0, 0.1) is 27.1 Å². The van der Waals surface area contributed by atoms with Crippen LogP contribution in [0.2, 0.25) is 0 Å². The Morgan fingerprint density at radius 1 is 0.658 bits per heavy atom. The zero-order chi connectivity index (χ0) is 29.6. The summed E-state index contributed by atoms with van der Waals surface area (Å²) in [4.78, 5) is 29.9. The molecule has 0 bridgehead atoms. The predicted octanol–water partition coefficient (Wildman–Crippen LogP) is 7.17. The largest absolute Gasteiger partial charge is 0.481 e. The van der Waals surface area contributed by atoms with E-state index in [1.807, 2.05) is 0 Å². The van der Waals surface area contributed by atoms with Gasteiger partial charge in [0, 0.05) is 17.5 Å². The Bertz CT molecular complexity index is 829. The van der Waals surface area contributed by atoms with E-state index in [1.54, 1.807) is 0 Å². The Kier molecular flexibility index (Phi) is 9.30. The molecule has 0 saturated carbocycles. The second kappa shape index (κ2) is 10.7. The molecule has 0 spiro atoms. The summed E-state index contributed by atoms with van der Waals surface area (Å²) in [7, 11) is 4.37. The van der Waals surface area contributed by atoms with Gasteiger partial charge in [0.1, 0.15) is 0 Å². The van der Waals surface area contributed by atoms with E-state index < -0.39 is 28.2 Å². The molecule has 0 aromatic rings. The summed E-state index contributed by atoms with van der Waals surface area (Å²) in [6.45, 7) is 24.9. The predicted molar refractivity (Wildman–Crippen MR) is 156 cm³/mol. The van der Waals surface area contributed by atoms with Crippen LogP contribution in [-0.2, 0) is 9.59 Å². The van der Waals surface area contributed by atoms with Crippen LogP contribution in [0.3, 0.4) is 0 Å². The molecule has 2 unspecified atom stereocenters. The highest BCUT2D eigenvalue weighted by molar-refractivity contribution is 5.78. The number of unbranched alkanes of at least 4 members (excludes halogenated alkanes) is 4. The van der Waals surface area contributed by atoms with Crippen molar-refractivity contribution in [1.29, 1.82) is 0 Å². The Labute approximate surface area is 233 Å². The Balaban J connectivity index is 2.68. The third-order valence-electron chi connectivity index (χ3n) is 13.8. The summed E-state index contributed by atoms with van der Waals surface area (Å²) >= 11 is 0. The minimum atomic E-state index is -0.925. The molecule has 2 rings (SSSR count). The highest BCUT2D eigenvalue weighted by atomic mass is 16.4. The van der Waals surface area contributed by atoms with E-state index in [1.165, 1.54) is 0 Å². The summed E-state index contributed by atoms with van der Waals surface area (Å²) in [6.07, 6.45) is 6.88. The molecule has 222 valence electrons. The monoisotopic (exact) mass is 536 g/mol. The summed E-state index contributed by atoms with van der Waals surface area (Å²) in [5, 5.41) is 20.6. The average Bonchev–Trinajstić information content (AvgIpc) is 2.79.